The monoisotopic (exact) mass is 306 g/mol. The highest BCUT2D eigenvalue weighted by Crippen LogP contribution is 2.10. The van der Waals surface area contributed by atoms with Crippen LogP contribution in [0.5, 0.6) is 0 Å². The van der Waals surface area contributed by atoms with E-state index in [-0.39, 0.29) is 0 Å². The summed E-state index contributed by atoms with van der Waals surface area (Å²) in [6.45, 7) is 0. The van der Waals surface area contributed by atoms with Crippen LogP contribution in [0.3, 0.4) is 0 Å². The Morgan fingerprint density at radius 2 is 0.708 bits per heavy atom. The first-order valence-corrected chi connectivity index (χ1v) is 8.03. The summed E-state index contributed by atoms with van der Waals surface area (Å²) < 4.78 is 0. The topological polar surface area (TPSA) is 25.8 Å². The molecular weight excluding hydrogens is 292 g/mol. The lowest BCUT2D eigenvalue weighted by atomic mass is 10.1. The van der Waals surface area contributed by atoms with E-state index in [1.54, 1.807) is 0 Å². The van der Waals surface area contributed by atoms with Gasteiger partial charge in [-0.05, 0) is 33.0 Å². The fraction of sp³-hybridized carbons (Fsp3) is 0. The minimum Gasteiger partial charge on any atom is -0.254 e. The summed E-state index contributed by atoms with van der Waals surface area (Å²) in [6.07, 6.45) is 3.68. The first kappa shape index (κ1) is 13.2. The van der Waals surface area contributed by atoms with Gasteiger partial charge in [0.05, 0.1) is 10.7 Å². The Labute approximate surface area is 137 Å². The van der Waals surface area contributed by atoms with Gasteiger partial charge < -0.3 is 0 Å². The normalized spacial score (nSPS) is 17.3. The van der Waals surface area contributed by atoms with Crippen LogP contribution in [0, 0.1) is 42.0 Å². The van der Waals surface area contributed by atoms with Crippen LogP contribution in [0.4, 0.5) is 0 Å². The number of fused-ring (bicyclic) bond motifs is 4. The van der Waals surface area contributed by atoms with E-state index in [2.05, 4.69) is 70.6 Å². The van der Waals surface area contributed by atoms with Crippen LogP contribution in [0.25, 0.3) is 0 Å². The maximum Gasteiger partial charge on any atom is 0.0970 e. The molecule has 2 aromatic heterocycles. The number of rotatable bonds is 0. The molecule has 24 heavy (non-hydrogen) atoms. The lowest BCUT2D eigenvalue weighted by Gasteiger charge is -2.00. The van der Waals surface area contributed by atoms with Gasteiger partial charge in [-0.25, -0.2) is 0 Å². The Morgan fingerprint density at radius 1 is 0.375 bits per heavy atom. The molecule has 0 radical (unpaired) electrons. The van der Waals surface area contributed by atoms with Gasteiger partial charge in [-0.3, -0.25) is 9.97 Å². The first-order valence-electron chi connectivity index (χ1n) is 8.03. The van der Waals surface area contributed by atoms with E-state index < -0.39 is 0 Å². The maximum absolute atomic E-state index is 4.67. The summed E-state index contributed by atoms with van der Waals surface area (Å²) in [5, 5.41) is 9.00. The van der Waals surface area contributed by atoms with E-state index in [4.69, 9.17) is 0 Å². The van der Waals surface area contributed by atoms with Crippen LogP contribution in [-0.2, 0) is 0 Å². The van der Waals surface area contributed by atoms with E-state index in [1.165, 1.54) is 20.9 Å². The van der Waals surface area contributed by atoms with E-state index >= 15 is 0 Å². The zero-order valence-electron chi connectivity index (χ0n) is 13.0. The molecule has 0 aliphatic heterocycles. The summed E-state index contributed by atoms with van der Waals surface area (Å²) in [5.41, 5.74) is 0. The predicted molar refractivity (Wildman–Crippen MR) is 92.0 cm³/mol. The highest BCUT2D eigenvalue weighted by Gasteiger charge is 2.00. The quantitative estimate of drug-likeness (QED) is 0.433. The molecule has 0 saturated heterocycles. The Morgan fingerprint density at radius 3 is 1.12 bits per heavy atom. The Kier molecular flexibility index (Phi) is 2.83. The van der Waals surface area contributed by atoms with Crippen molar-refractivity contribution in [1.29, 1.82) is 0 Å². The summed E-state index contributed by atoms with van der Waals surface area (Å²) in [5.74, 6) is 0. The lowest BCUT2D eigenvalue weighted by Crippen LogP contribution is -1.92. The van der Waals surface area contributed by atoms with Crippen molar-refractivity contribution in [3.63, 3.8) is 0 Å². The van der Waals surface area contributed by atoms with Crippen molar-refractivity contribution in [2.45, 2.75) is 0 Å². The third-order valence-corrected chi connectivity index (χ3v) is 4.56. The fourth-order valence-corrected chi connectivity index (χ4v) is 3.53. The van der Waals surface area contributed by atoms with Gasteiger partial charge in [0.15, 0.2) is 0 Å². The summed E-state index contributed by atoms with van der Waals surface area (Å²) >= 11 is 0. The summed E-state index contributed by atoms with van der Waals surface area (Å²) in [4.78, 5) is 9.34. The number of hydrogen-bond donors (Lipinski definition) is 0. The molecule has 1 aliphatic rings. The van der Waals surface area contributed by atoms with Gasteiger partial charge in [-0.15, -0.1) is 0 Å². The third kappa shape index (κ3) is 1.83. The number of aromatic nitrogens is 2. The SMILES string of the molecule is c1ccc2/c(c1)=c1/cccc/c1=c1\cccn\c1=c1/nccc/c1=2. The Bertz CT molecular complexity index is 1070. The lowest BCUT2D eigenvalue weighted by molar-refractivity contribution is 1.10. The van der Waals surface area contributed by atoms with E-state index in [1.807, 2.05) is 24.5 Å². The van der Waals surface area contributed by atoms with Crippen LogP contribution < -0.4 is 0 Å². The molecule has 0 N–H and O–H groups in total. The molecule has 0 atom stereocenters. The number of pyridine rings is 2. The van der Waals surface area contributed by atoms with Crippen molar-refractivity contribution in [3.8, 4) is 0 Å². The standard InChI is InChI=1S/C22H14N2/c1-3-9-17-15(7-1)16-8-2-4-10-18(16)20-12-6-14-24-22(20)21-19(17)11-5-13-23-21/h1-14H/b16-15-,19-17-,20-18-,22-21-. The van der Waals surface area contributed by atoms with Crippen LogP contribution in [0.15, 0.2) is 85.2 Å². The first-order chi connectivity index (χ1) is 11.9. The van der Waals surface area contributed by atoms with Crippen molar-refractivity contribution in [2.75, 3.05) is 0 Å². The van der Waals surface area contributed by atoms with Crippen LogP contribution in [-0.4, -0.2) is 9.97 Å². The largest absolute Gasteiger partial charge is 0.254 e. The van der Waals surface area contributed by atoms with Gasteiger partial charge >= 0.3 is 0 Å². The minimum absolute atomic E-state index is 0.940. The van der Waals surface area contributed by atoms with Gasteiger partial charge in [0, 0.05) is 22.8 Å². The van der Waals surface area contributed by atoms with Crippen LogP contribution in [0.2, 0.25) is 0 Å². The van der Waals surface area contributed by atoms with Crippen molar-refractivity contribution in [2.24, 2.45) is 0 Å². The van der Waals surface area contributed by atoms with Crippen molar-refractivity contribution in [1.82, 2.24) is 9.97 Å². The Balaban J connectivity index is 2.48. The second-order valence-corrected chi connectivity index (χ2v) is 5.89. The highest BCUT2D eigenvalue weighted by atomic mass is 14.7. The van der Waals surface area contributed by atoms with Crippen molar-refractivity contribution >= 4 is 0 Å². The number of benzene rings is 2. The van der Waals surface area contributed by atoms with Gasteiger partial charge in [0.25, 0.3) is 0 Å². The highest BCUT2D eigenvalue weighted by molar-refractivity contribution is 5.26. The Hall–Kier alpha value is -3.26. The molecule has 0 amide bonds. The average molecular weight is 306 g/mol. The fourth-order valence-electron chi connectivity index (χ4n) is 3.53. The molecule has 1 aliphatic carbocycles. The second kappa shape index (κ2) is 5.14. The molecular formula is C22H14N2. The molecule has 2 heteroatoms. The van der Waals surface area contributed by atoms with Crippen LogP contribution in [0.1, 0.15) is 0 Å². The van der Waals surface area contributed by atoms with E-state index in [9.17, 15) is 0 Å². The molecule has 0 fully saturated rings. The minimum atomic E-state index is 0.940. The van der Waals surface area contributed by atoms with Gasteiger partial charge in [-0.2, -0.15) is 0 Å². The predicted octanol–water partition coefficient (Wildman–Crippen LogP) is 3.94. The molecule has 0 bridgehead atoms. The molecule has 112 valence electrons. The van der Waals surface area contributed by atoms with Crippen molar-refractivity contribution < 1.29 is 0 Å². The zero-order valence-corrected chi connectivity index (χ0v) is 13.0. The van der Waals surface area contributed by atoms with E-state index in [0.717, 1.165) is 21.1 Å². The molecule has 5 rings (SSSR count). The van der Waals surface area contributed by atoms with Gasteiger partial charge in [-0.1, -0.05) is 60.7 Å². The van der Waals surface area contributed by atoms with Crippen LogP contribution >= 0.6 is 0 Å². The molecule has 0 saturated carbocycles. The molecule has 2 nitrogen and oxygen atoms in total. The molecule has 2 heterocycles. The third-order valence-electron chi connectivity index (χ3n) is 4.56. The van der Waals surface area contributed by atoms with Crippen molar-refractivity contribution in [3.05, 3.63) is 127 Å². The smallest absolute Gasteiger partial charge is 0.0970 e. The zero-order chi connectivity index (χ0) is 15.9. The number of nitrogens with zero attached hydrogens (tertiary/aromatic N) is 2. The molecule has 0 unspecified atom stereocenters. The summed E-state index contributed by atoms with van der Waals surface area (Å²) in [7, 11) is 0. The van der Waals surface area contributed by atoms with Gasteiger partial charge in [0.2, 0.25) is 0 Å². The van der Waals surface area contributed by atoms with E-state index in [0.29, 0.717) is 0 Å². The number of hydrogen-bond acceptors (Lipinski definition) is 2. The maximum atomic E-state index is 4.67. The summed E-state index contributed by atoms with van der Waals surface area (Å²) in [6, 6.07) is 25.3. The average Bonchev–Trinajstić information content (AvgIpc) is 2.67. The molecule has 4 aromatic rings. The molecule has 2 aromatic carbocycles. The second-order valence-electron chi connectivity index (χ2n) is 5.89. The molecule has 0 spiro atoms. The van der Waals surface area contributed by atoms with Gasteiger partial charge in [0.1, 0.15) is 0 Å².